The van der Waals surface area contributed by atoms with Crippen molar-refractivity contribution in [1.29, 1.82) is 0 Å². The molecule has 0 aliphatic carbocycles. The Kier molecular flexibility index (Phi) is 6.41. The highest BCUT2D eigenvalue weighted by molar-refractivity contribution is 6.15. The molecule has 0 saturated carbocycles. The zero-order valence-electron chi connectivity index (χ0n) is 23.6. The normalized spacial score (nSPS) is 14.4. The van der Waals surface area contributed by atoms with Gasteiger partial charge in [-0.25, -0.2) is 0 Å². The highest BCUT2D eigenvalue weighted by Crippen LogP contribution is 2.59. The van der Waals surface area contributed by atoms with Gasteiger partial charge in [0.2, 0.25) is 0 Å². The van der Waals surface area contributed by atoms with Crippen molar-refractivity contribution in [1.82, 2.24) is 0 Å². The standard InChI is InChI=1S/C34H36N4O2/c1-5-36(6-2)23-17-19-27-31(21-23)40-32-22-24(37(7-3)8-4)18-20-28(32)34(27)26-14-10-9-13-25(26)33(39)38(34)30-16-12-11-15-29(30)35/h9-22H,5-8,35H2,1-4H3. The number of nitrogen functional groups attached to an aromatic ring is 1. The summed E-state index contributed by atoms with van der Waals surface area (Å²) in [5, 5.41) is 0. The third-order valence-corrected chi connectivity index (χ3v) is 8.45. The van der Waals surface area contributed by atoms with Crippen molar-refractivity contribution in [2.24, 2.45) is 0 Å². The Bertz CT molecular complexity index is 1530. The van der Waals surface area contributed by atoms with E-state index in [9.17, 15) is 4.79 Å². The van der Waals surface area contributed by atoms with E-state index in [1.165, 1.54) is 0 Å². The molecule has 2 aliphatic rings. The van der Waals surface area contributed by atoms with Gasteiger partial charge in [0.1, 0.15) is 17.0 Å². The number of carbonyl (C=O) groups is 1. The van der Waals surface area contributed by atoms with Gasteiger partial charge in [-0.05, 0) is 58.0 Å². The van der Waals surface area contributed by atoms with Crippen LogP contribution >= 0.6 is 0 Å². The van der Waals surface area contributed by atoms with Crippen molar-refractivity contribution < 1.29 is 9.53 Å². The van der Waals surface area contributed by atoms with Crippen molar-refractivity contribution in [3.63, 3.8) is 0 Å². The van der Waals surface area contributed by atoms with E-state index in [1.807, 2.05) is 47.4 Å². The number of benzene rings is 4. The number of para-hydroxylation sites is 2. The zero-order valence-corrected chi connectivity index (χ0v) is 23.6. The molecule has 6 nitrogen and oxygen atoms in total. The van der Waals surface area contributed by atoms with Gasteiger partial charge in [-0.1, -0.05) is 42.5 Å². The smallest absolute Gasteiger partial charge is 0.260 e. The maximum atomic E-state index is 14.4. The van der Waals surface area contributed by atoms with Crippen molar-refractivity contribution >= 4 is 28.7 Å². The van der Waals surface area contributed by atoms with Gasteiger partial charge in [-0.15, -0.1) is 0 Å². The monoisotopic (exact) mass is 532 g/mol. The maximum absolute atomic E-state index is 14.4. The summed E-state index contributed by atoms with van der Waals surface area (Å²) in [6.07, 6.45) is 0. The first-order valence-corrected chi connectivity index (χ1v) is 14.2. The van der Waals surface area contributed by atoms with Gasteiger partial charge in [0.05, 0.1) is 11.4 Å². The van der Waals surface area contributed by atoms with Crippen LogP contribution in [0, 0.1) is 0 Å². The van der Waals surface area contributed by atoms with E-state index < -0.39 is 5.54 Å². The lowest BCUT2D eigenvalue weighted by molar-refractivity contribution is 0.0986. The predicted octanol–water partition coefficient (Wildman–Crippen LogP) is 7.02. The molecule has 0 atom stereocenters. The second-order valence-corrected chi connectivity index (χ2v) is 10.3. The minimum atomic E-state index is -0.949. The molecule has 204 valence electrons. The summed E-state index contributed by atoms with van der Waals surface area (Å²) in [6, 6.07) is 28.3. The molecular formula is C34H36N4O2. The van der Waals surface area contributed by atoms with Gasteiger partial charge < -0.3 is 20.3 Å². The first-order valence-electron chi connectivity index (χ1n) is 14.2. The second-order valence-electron chi connectivity index (χ2n) is 10.3. The second kappa shape index (κ2) is 9.94. The fourth-order valence-electron chi connectivity index (χ4n) is 6.51. The van der Waals surface area contributed by atoms with Crippen LogP contribution in [0.15, 0.2) is 84.9 Å². The van der Waals surface area contributed by atoms with Crippen LogP contribution in [-0.2, 0) is 5.54 Å². The lowest BCUT2D eigenvalue weighted by atomic mass is 9.74. The van der Waals surface area contributed by atoms with Crippen LogP contribution in [0.5, 0.6) is 11.5 Å². The van der Waals surface area contributed by atoms with Gasteiger partial charge in [0.15, 0.2) is 0 Å². The summed E-state index contributed by atoms with van der Waals surface area (Å²) in [5.74, 6) is 1.42. The van der Waals surface area contributed by atoms with E-state index >= 15 is 0 Å². The topological polar surface area (TPSA) is 62.0 Å². The van der Waals surface area contributed by atoms with Gasteiger partial charge >= 0.3 is 0 Å². The van der Waals surface area contributed by atoms with Crippen molar-refractivity contribution in [3.05, 3.63) is 107 Å². The number of hydrogen-bond acceptors (Lipinski definition) is 5. The average Bonchev–Trinajstić information content (AvgIpc) is 3.23. The number of nitrogens with two attached hydrogens (primary N) is 1. The first kappa shape index (κ1) is 25.8. The van der Waals surface area contributed by atoms with Crippen LogP contribution in [0.2, 0.25) is 0 Å². The Hall–Kier alpha value is -4.45. The number of hydrogen-bond donors (Lipinski definition) is 1. The quantitative estimate of drug-likeness (QED) is 0.259. The summed E-state index contributed by atoms with van der Waals surface area (Å²) in [6.45, 7) is 12.2. The molecule has 0 radical (unpaired) electrons. The average molecular weight is 533 g/mol. The fraction of sp³-hybridized carbons (Fsp3) is 0.265. The molecule has 0 aromatic heterocycles. The molecule has 2 N–H and O–H groups in total. The number of amides is 1. The summed E-state index contributed by atoms with van der Waals surface area (Å²) in [4.78, 5) is 20.9. The Morgan fingerprint density at radius 2 is 1.23 bits per heavy atom. The number of fused-ring (bicyclic) bond motifs is 6. The molecule has 0 saturated heterocycles. The number of carbonyl (C=O) groups excluding carboxylic acids is 1. The molecular weight excluding hydrogens is 496 g/mol. The van der Waals surface area contributed by atoms with E-state index in [1.54, 1.807) is 0 Å². The molecule has 2 aliphatic heterocycles. The molecule has 0 fully saturated rings. The lowest BCUT2D eigenvalue weighted by Gasteiger charge is -2.45. The van der Waals surface area contributed by atoms with Crippen molar-refractivity contribution in [2.45, 2.75) is 33.2 Å². The molecule has 4 aromatic rings. The van der Waals surface area contributed by atoms with E-state index in [4.69, 9.17) is 10.5 Å². The fourth-order valence-corrected chi connectivity index (χ4v) is 6.51. The number of rotatable bonds is 7. The third kappa shape index (κ3) is 3.59. The number of ether oxygens (including phenoxy) is 1. The summed E-state index contributed by atoms with van der Waals surface area (Å²) < 4.78 is 6.77. The van der Waals surface area contributed by atoms with Crippen LogP contribution in [0.3, 0.4) is 0 Å². The summed E-state index contributed by atoms with van der Waals surface area (Å²) in [5.41, 5.74) is 12.5. The molecule has 1 spiro atoms. The molecule has 0 unspecified atom stereocenters. The van der Waals surface area contributed by atoms with Crippen LogP contribution in [-0.4, -0.2) is 32.1 Å². The van der Waals surface area contributed by atoms with Gasteiger partial charge in [-0.3, -0.25) is 9.69 Å². The zero-order chi connectivity index (χ0) is 28.0. The van der Waals surface area contributed by atoms with E-state index in [-0.39, 0.29) is 5.91 Å². The molecule has 2 heterocycles. The minimum Gasteiger partial charge on any atom is -0.456 e. The molecule has 1 amide bonds. The van der Waals surface area contributed by atoms with Gasteiger partial charge in [0, 0.05) is 71.9 Å². The van der Waals surface area contributed by atoms with Crippen LogP contribution in [0.25, 0.3) is 0 Å². The van der Waals surface area contributed by atoms with Gasteiger partial charge in [0.25, 0.3) is 5.91 Å². The maximum Gasteiger partial charge on any atom is 0.260 e. The Labute approximate surface area is 236 Å². The number of anilines is 4. The third-order valence-electron chi connectivity index (χ3n) is 8.45. The molecule has 40 heavy (non-hydrogen) atoms. The Balaban J connectivity index is 1.71. The summed E-state index contributed by atoms with van der Waals surface area (Å²) >= 11 is 0. The number of nitrogens with zero attached hydrogens (tertiary/aromatic N) is 3. The highest BCUT2D eigenvalue weighted by Gasteiger charge is 2.57. The molecule has 4 aromatic carbocycles. The largest absolute Gasteiger partial charge is 0.456 e. The lowest BCUT2D eigenvalue weighted by Crippen LogP contribution is -2.48. The summed E-state index contributed by atoms with van der Waals surface area (Å²) in [7, 11) is 0. The minimum absolute atomic E-state index is 0.0760. The van der Waals surface area contributed by atoms with Crippen molar-refractivity contribution in [3.8, 4) is 11.5 Å². The van der Waals surface area contributed by atoms with E-state index in [2.05, 4.69) is 80.0 Å². The van der Waals surface area contributed by atoms with Crippen LogP contribution in [0.4, 0.5) is 22.7 Å². The SMILES string of the molecule is CCN(CC)c1ccc2c(c1)Oc1cc(N(CC)CC)ccc1C21c2ccccc2C(=O)N1c1ccccc1N. The first-order chi connectivity index (χ1) is 19.5. The van der Waals surface area contributed by atoms with Crippen LogP contribution < -0.4 is 25.2 Å². The Morgan fingerprint density at radius 1 is 0.700 bits per heavy atom. The van der Waals surface area contributed by atoms with Crippen LogP contribution in [0.1, 0.15) is 54.7 Å². The van der Waals surface area contributed by atoms with E-state index in [0.29, 0.717) is 16.9 Å². The van der Waals surface area contributed by atoms with Gasteiger partial charge in [-0.2, -0.15) is 0 Å². The predicted molar refractivity (Wildman–Crippen MR) is 164 cm³/mol. The van der Waals surface area contributed by atoms with E-state index in [0.717, 1.165) is 65.7 Å². The Morgan fingerprint density at radius 3 is 1.77 bits per heavy atom. The molecule has 0 bridgehead atoms. The molecule has 6 rings (SSSR count). The highest BCUT2D eigenvalue weighted by atomic mass is 16.5. The molecule has 6 heteroatoms. The van der Waals surface area contributed by atoms with Crippen molar-refractivity contribution in [2.75, 3.05) is 46.6 Å².